The van der Waals surface area contributed by atoms with Gasteiger partial charge in [0.1, 0.15) is 6.33 Å². The highest BCUT2D eigenvalue weighted by Gasteiger charge is 2.20. The minimum Gasteiger partial charge on any atom is -0.353 e. The van der Waals surface area contributed by atoms with E-state index in [1.165, 1.54) is 0 Å². The molecule has 1 aliphatic heterocycles. The quantitative estimate of drug-likeness (QED) is 0.853. The van der Waals surface area contributed by atoms with Crippen LogP contribution in [0.4, 0.5) is 0 Å². The molecule has 2 N–H and O–H groups in total. The van der Waals surface area contributed by atoms with E-state index in [2.05, 4.69) is 27.8 Å². The molecule has 2 heterocycles. The number of aromatic nitrogens is 3. The largest absolute Gasteiger partial charge is 0.353 e. The fourth-order valence-electron chi connectivity index (χ4n) is 3.02. The van der Waals surface area contributed by atoms with Crippen LogP contribution in [-0.4, -0.2) is 32.8 Å². The molecule has 2 unspecified atom stereocenters. The molecule has 6 nitrogen and oxygen atoms in total. The van der Waals surface area contributed by atoms with Gasteiger partial charge in [0.05, 0.1) is 6.54 Å². The van der Waals surface area contributed by atoms with Gasteiger partial charge in [-0.15, -0.1) is 10.2 Å². The van der Waals surface area contributed by atoms with Crippen LogP contribution in [0.3, 0.4) is 0 Å². The molecule has 6 heteroatoms. The molecule has 1 amide bonds. The average molecular weight is 313 g/mol. The third-order valence-electron chi connectivity index (χ3n) is 4.22. The van der Waals surface area contributed by atoms with Crippen molar-refractivity contribution in [2.75, 3.05) is 0 Å². The fourth-order valence-corrected chi connectivity index (χ4v) is 3.02. The first-order valence-corrected chi connectivity index (χ1v) is 8.19. The number of nitrogens with one attached hydrogen (secondary N) is 2. The minimum absolute atomic E-state index is 0.178. The molecule has 0 aliphatic carbocycles. The van der Waals surface area contributed by atoms with Gasteiger partial charge in [0.2, 0.25) is 5.91 Å². The molecule has 122 valence electrons. The summed E-state index contributed by atoms with van der Waals surface area (Å²) in [6, 6.07) is 10.7. The Morgan fingerprint density at radius 1 is 1.39 bits per heavy atom. The van der Waals surface area contributed by atoms with Gasteiger partial charge in [0.15, 0.2) is 5.82 Å². The second-order valence-corrected chi connectivity index (χ2v) is 6.13. The Labute approximate surface area is 136 Å². The van der Waals surface area contributed by atoms with Crippen molar-refractivity contribution in [1.29, 1.82) is 0 Å². The number of carbonyl (C=O) groups is 1. The van der Waals surface area contributed by atoms with E-state index in [1.807, 2.05) is 34.9 Å². The molecule has 1 aliphatic rings. The molecule has 23 heavy (non-hydrogen) atoms. The molecule has 3 rings (SSSR count). The maximum atomic E-state index is 11.4. The lowest BCUT2D eigenvalue weighted by Gasteiger charge is -2.26. The number of rotatable bonds is 6. The molecule has 1 saturated heterocycles. The van der Waals surface area contributed by atoms with Crippen LogP contribution in [0.2, 0.25) is 0 Å². The van der Waals surface area contributed by atoms with Crippen LogP contribution in [0.15, 0.2) is 36.7 Å². The van der Waals surface area contributed by atoms with Crippen molar-refractivity contribution in [2.24, 2.45) is 0 Å². The second-order valence-electron chi connectivity index (χ2n) is 6.13. The summed E-state index contributed by atoms with van der Waals surface area (Å²) in [6.07, 6.45) is 5.39. The van der Waals surface area contributed by atoms with Gasteiger partial charge in [-0.25, -0.2) is 0 Å². The van der Waals surface area contributed by atoms with Crippen molar-refractivity contribution < 1.29 is 4.79 Å². The molecule has 2 aromatic rings. The van der Waals surface area contributed by atoms with Crippen molar-refractivity contribution in [3.8, 4) is 5.69 Å². The first-order valence-electron chi connectivity index (χ1n) is 8.19. The number of carbonyl (C=O) groups excluding carboxylic acids is 1. The molecule has 1 aromatic heterocycles. The summed E-state index contributed by atoms with van der Waals surface area (Å²) in [6.45, 7) is 2.79. The molecule has 0 bridgehead atoms. The van der Waals surface area contributed by atoms with Crippen molar-refractivity contribution in [1.82, 2.24) is 25.4 Å². The lowest BCUT2D eigenvalue weighted by Crippen LogP contribution is -2.42. The zero-order valence-electron chi connectivity index (χ0n) is 13.4. The van der Waals surface area contributed by atoms with E-state index in [0.29, 0.717) is 19.0 Å². The van der Waals surface area contributed by atoms with Gasteiger partial charge in [-0.3, -0.25) is 9.36 Å². The summed E-state index contributed by atoms with van der Waals surface area (Å²) in [4.78, 5) is 11.4. The highest BCUT2D eigenvalue weighted by Crippen LogP contribution is 2.13. The van der Waals surface area contributed by atoms with Crippen LogP contribution < -0.4 is 10.6 Å². The summed E-state index contributed by atoms with van der Waals surface area (Å²) in [5, 5.41) is 14.8. The Kier molecular flexibility index (Phi) is 5.02. The monoisotopic (exact) mass is 313 g/mol. The van der Waals surface area contributed by atoms with Gasteiger partial charge < -0.3 is 10.6 Å². The summed E-state index contributed by atoms with van der Waals surface area (Å²) < 4.78 is 1.99. The highest BCUT2D eigenvalue weighted by atomic mass is 16.1. The van der Waals surface area contributed by atoms with E-state index in [1.54, 1.807) is 6.33 Å². The fraction of sp³-hybridized carbons (Fsp3) is 0.471. The van der Waals surface area contributed by atoms with Crippen LogP contribution in [0, 0.1) is 0 Å². The summed E-state index contributed by atoms with van der Waals surface area (Å²) in [5.41, 5.74) is 1.06. The number of nitrogens with zero attached hydrogens (tertiary/aromatic N) is 3. The summed E-state index contributed by atoms with van der Waals surface area (Å²) >= 11 is 0. The van der Waals surface area contributed by atoms with E-state index in [9.17, 15) is 4.79 Å². The molecular weight excluding hydrogens is 290 g/mol. The Bertz CT molecular complexity index is 639. The predicted octanol–water partition coefficient (Wildman–Crippen LogP) is 1.80. The maximum Gasteiger partial charge on any atom is 0.220 e. The lowest BCUT2D eigenvalue weighted by molar-refractivity contribution is -0.123. The Balaban J connectivity index is 1.54. The normalized spacial score (nSPS) is 19.3. The van der Waals surface area contributed by atoms with Crippen LogP contribution in [0.5, 0.6) is 0 Å². The zero-order valence-corrected chi connectivity index (χ0v) is 13.4. The van der Waals surface area contributed by atoms with Gasteiger partial charge in [0.25, 0.3) is 0 Å². The number of para-hydroxylation sites is 1. The Morgan fingerprint density at radius 2 is 2.22 bits per heavy atom. The van der Waals surface area contributed by atoms with Crippen LogP contribution in [0.25, 0.3) is 5.69 Å². The Morgan fingerprint density at radius 3 is 3.00 bits per heavy atom. The lowest BCUT2D eigenvalue weighted by atomic mass is 9.98. The summed E-state index contributed by atoms with van der Waals surface area (Å²) in [5.74, 6) is 1.06. The smallest absolute Gasteiger partial charge is 0.220 e. The van der Waals surface area contributed by atoms with E-state index in [-0.39, 0.29) is 11.9 Å². The SMILES string of the molecule is CC(CC1CCCC(=O)N1)NCc1nncn1-c1ccccc1. The van der Waals surface area contributed by atoms with Gasteiger partial charge in [-0.2, -0.15) is 0 Å². The first kappa shape index (κ1) is 15.7. The van der Waals surface area contributed by atoms with Crippen LogP contribution >= 0.6 is 0 Å². The third kappa shape index (κ3) is 4.16. The van der Waals surface area contributed by atoms with E-state index >= 15 is 0 Å². The minimum atomic E-state index is 0.178. The molecule has 0 spiro atoms. The van der Waals surface area contributed by atoms with Crippen LogP contribution in [0.1, 0.15) is 38.4 Å². The van der Waals surface area contributed by atoms with Crippen molar-refractivity contribution >= 4 is 5.91 Å². The van der Waals surface area contributed by atoms with Gasteiger partial charge in [-0.1, -0.05) is 18.2 Å². The molecular formula is C17H23N5O. The van der Waals surface area contributed by atoms with Gasteiger partial charge in [0, 0.05) is 24.2 Å². The standard InChI is InChI=1S/C17H23N5O/c1-13(10-14-6-5-9-17(23)20-14)18-11-16-21-19-12-22(16)15-7-3-2-4-8-15/h2-4,7-8,12-14,18H,5-6,9-11H2,1H3,(H,20,23). The van der Waals surface area contributed by atoms with Crippen LogP contribution in [-0.2, 0) is 11.3 Å². The van der Waals surface area contributed by atoms with E-state index in [0.717, 1.165) is 30.8 Å². The highest BCUT2D eigenvalue weighted by molar-refractivity contribution is 5.76. The van der Waals surface area contributed by atoms with E-state index < -0.39 is 0 Å². The molecule has 2 atom stereocenters. The number of benzene rings is 1. The zero-order chi connectivity index (χ0) is 16.1. The molecule has 1 aromatic carbocycles. The Hall–Kier alpha value is -2.21. The van der Waals surface area contributed by atoms with E-state index in [4.69, 9.17) is 0 Å². The topological polar surface area (TPSA) is 71.8 Å². The molecule has 0 saturated carbocycles. The number of hydrogen-bond acceptors (Lipinski definition) is 4. The second kappa shape index (κ2) is 7.37. The van der Waals surface area contributed by atoms with Crippen molar-refractivity contribution in [3.05, 3.63) is 42.5 Å². The number of hydrogen-bond donors (Lipinski definition) is 2. The third-order valence-corrected chi connectivity index (χ3v) is 4.22. The first-order chi connectivity index (χ1) is 11.2. The maximum absolute atomic E-state index is 11.4. The van der Waals surface area contributed by atoms with Gasteiger partial charge >= 0.3 is 0 Å². The van der Waals surface area contributed by atoms with Crippen molar-refractivity contribution in [2.45, 2.75) is 51.2 Å². The van der Waals surface area contributed by atoms with Gasteiger partial charge in [-0.05, 0) is 38.3 Å². The molecule has 0 radical (unpaired) electrons. The van der Waals surface area contributed by atoms with Crippen molar-refractivity contribution in [3.63, 3.8) is 0 Å². The number of piperidine rings is 1. The average Bonchev–Trinajstić information content (AvgIpc) is 3.02. The molecule has 1 fully saturated rings. The summed E-state index contributed by atoms with van der Waals surface area (Å²) in [7, 11) is 0. The number of amides is 1. The predicted molar refractivity (Wildman–Crippen MR) is 88.1 cm³/mol.